The summed E-state index contributed by atoms with van der Waals surface area (Å²) in [6, 6.07) is 2.18. The van der Waals surface area contributed by atoms with Gasteiger partial charge in [0.2, 0.25) is 11.5 Å². The van der Waals surface area contributed by atoms with Crippen LogP contribution < -0.4 is 5.32 Å². The van der Waals surface area contributed by atoms with Crippen LogP contribution in [0.4, 0.5) is 37.7 Å². The van der Waals surface area contributed by atoms with Crippen LogP contribution in [0.2, 0.25) is 10.0 Å². The van der Waals surface area contributed by atoms with E-state index in [9.17, 15) is 40.1 Å². The highest BCUT2D eigenvalue weighted by atomic mass is 35.5. The fraction of sp³-hybridized carbons (Fsp3) is 0.231. The molecule has 1 rings (SSSR count). The molecule has 0 spiro atoms. The van der Waals surface area contributed by atoms with E-state index in [0.29, 0.717) is 6.20 Å². The molecule has 0 fully saturated rings. The summed E-state index contributed by atoms with van der Waals surface area (Å²) in [5, 5.41) is 2.10. The van der Waals surface area contributed by atoms with Gasteiger partial charge in [-0.15, -0.1) is 0 Å². The van der Waals surface area contributed by atoms with Crippen LogP contribution in [-0.2, 0) is 21.1 Å². The van der Waals surface area contributed by atoms with Gasteiger partial charge in [0.05, 0.1) is 15.7 Å². The zero-order chi connectivity index (χ0) is 21.0. The summed E-state index contributed by atoms with van der Waals surface area (Å²) in [6.07, 6.45) is -10.8. The molecule has 0 amide bonds. The highest BCUT2D eigenvalue weighted by Gasteiger charge is 2.52. The van der Waals surface area contributed by atoms with E-state index >= 15 is 0 Å². The molecule has 0 aliphatic heterocycles. The van der Waals surface area contributed by atoms with Gasteiger partial charge in [-0.2, -0.15) is 34.9 Å². The average molecular weight is 455 g/mol. The van der Waals surface area contributed by atoms with Crippen molar-refractivity contribution in [3.63, 3.8) is 0 Å². The second-order valence-corrected chi connectivity index (χ2v) is 5.80. The molecule has 0 atom stereocenters. The number of carbonyl (C=O) groups is 2. The van der Waals surface area contributed by atoms with Crippen molar-refractivity contribution < 1.29 is 40.1 Å². The molecule has 0 saturated carbocycles. The molecule has 1 aromatic carbocycles. The van der Waals surface area contributed by atoms with Crippen LogP contribution in [0.1, 0.15) is 0 Å². The second-order valence-electron chi connectivity index (χ2n) is 4.65. The number of rotatable bonds is 6. The Kier molecular flexibility index (Phi) is 7.57. The maximum absolute atomic E-state index is 12.5. The molecule has 0 aliphatic carbocycles. The average Bonchev–Trinajstić information content (AvgIpc) is 2.53. The first-order valence-corrected chi connectivity index (χ1v) is 7.88. The van der Waals surface area contributed by atoms with Gasteiger partial charge in [0.25, 0.3) is 11.6 Å². The van der Waals surface area contributed by atoms with Gasteiger partial charge in [-0.05, 0) is 24.4 Å². The Hall–Kier alpha value is -1.92. The van der Waals surface area contributed by atoms with Crippen molar-refractivity contribution >= 4 is 57.6 Å². The lowest BCUT2D eigenvalue weighted by molar-refractivity contribution is -0.187. The highest BCUT2D eigenvalue weighted by molar-refractivity contribution is 7.54. The lowest BCUT2D eigenvalue weighted by atomic mass is 9.98. The van der Waals surface area contributed by atoms with Gasteiger partial charge in [0, 0.05) is 0 Å². The first kappa shape index (κ1) is 23.1. The van der Waals surface area contributed by atoms with Crippen LogP contribution in [0.15, 0.2) is 28.8 Å². The standard InChI is InChI=1S/C13H6Cl2F6N2O3S/c14-6-3-8(9(23-27-26)4-7(6)15)22-2-1-5(10(24)12(16,17)18)11(25)13(19,20)21/h1-5,22H/b2-1+. The van der Waals surface area contributed by atoms with E-state index < -0.39 is 29.8 Å². The van der Waals surface area contributed by atoms with Crippen LogP contribution in [0.3, 0.4) is 0 Å². The third kappa shape index (κ3) is 6.33. The van der Waals surface area contributed by atoms with Crippen LogP contribution in [0.25, 0.3) is 0 Å². The van der Waals surface area contributed by atoms with Crippen molar-refractivity contribution in [2.75, 3.05) is 5.32 Å². The molecule has 0 heterocycles. The minimum Gasteiger partial charge on any atom is -0.360 e. The largest absolute Gasteiger partial charge is 0.451 e. The van der Waals surface area contributed by atoms with E-state index in [4.69, 9.17) is 23.2 Å². The Labute approximate surface area is 160 Å². The topological polar surface area (TPSA) is 75.6 Å². The second kappa shape index (κ2) is 8.85. The fourth-order valence-corrected chi connectivity index (χ4v) is 2.20. The number of Topliss-reactive ketones (excluding diaryl/α,β-unsaturated/α-hetero) is 2. The Balaban J connectivity index is 3.22. The highest BCUT2D eigenvalue weighted by Crippen LogP contribution is 2.35. The Morgan fingerprint density at radius 2 is 1.52 bits per heavy atom. The lowest BCUT2D eigenvalue weighted by Gasteiger charge is -2.15. The Morgan fingerprint density at radius 3 is 1.96 bits per heavy atom. The zero-order valence-electron chi connectivity index (χ0n) is 12.5. The molecular weight excluding hydrogens is 449 g/mol. The quantitative estimate of drug-likeness (QED) is 0.493. The summed E-state index contributed by atoms with van der Waals surface area (Å²) in [7, 11) is 0. The third-order valence-corrected chi connectivity index (χ3v) is 3.82. The van der Waals surface area contributed by atoms with E-state index in [0.717, 1.165) is 12.1 Å². The molecule has 1 aromatic rings. The molecule has 27 heavy (non-hydrogen) atoms. The molecule has 148 valence electrons. The van der Waals surface area contributed by atoms with Crippen molar-refractivity contribution in [2.45, 2.75) is 12.4 Å². The number of halogens is 8. The Bertz CT molecular complexity index is 809. The number of nitrogens with one attached hydrogen (secondary N) is 1. The fourth-order valence-electron chi connectivity index (χ4n) is 1.65. The molecular formula is C13H6Cl2F6N2O3S. The molecule has 0 aliphatic rings. The smallest absolute Gasteiger partial charge is 0.360 e. The van der Waals surface area contributed by atoms with Crippen molar-refractivity contribution in [3.8, 4) is 0 Å². The first-order valence-electron chi connectivity index (χ1n) is 6.43. The van der Waals surface area contributed by atoms with Gasteiger partial charge in [-0.1, -0.05) is 23.2 Å². The van der Waals surface area contributed by atoms with Crippen molar-refractivity contribution in [1.29, 1.82) is 0 Å². The summed E-state index contributed by atoms with van der Waals surface area (Å²) in [5.41, 5.74) is -0.253. The number of benzene rings is 1. The summed E-state index contributed by atoms with van der Waals surface area (Å²) in [4.78, 5) is 22.3. The lowest BCUT2D eigenvalue weighted by Crippen LogP contribution is -2.40. The SMILES string of the molecule is O=S=Nc1cc(Cl)c(Cl)cc1N/C=C/C(C(=O)C(F)(F)F)C(=O)C(F)(F)F. The summed E-state index contributed by atoms with van der Waals surface area (Å²) >= 11 is 11.2. The van der Waals surface area contributed by atoms with E-state index in [1.165, 1.54) is 0 Å². The maximum Gasteiger partial charge on any atom is 0.451 e. The van der Waals surface area contributed by atoms with E-state index in [1.54, 1.807) is 0 Å². The van der Waals surface area contributed by atoms with Gasteiger partial charge in [0.1, 0.15) is 11.6 Å². The van der Waals surface area contributed by atoms with E-state index in [-0.39, 0.29) is 39.0 Å². The third-order valence-electron chi connectivity index (χ3n) is 2.83. The van der Waals surface area contributed by atoms with E-state index in [2.05, 4.69) is 9.68 Å². The van der Waals surface area contributed by atoms with Gasteiger partial charge >= 0.3 is 12.4 Å². The van der Waals surface area contributed by atoms with Gasteiger partial charge < -0.3 is 5.32 Å². The van der Waals surface area contributed by atoms with Crippen molar-refractivity contribution in [2.24, 2.45) is 10.3 Å². The van der Waals surface area contributed by atoms with Gasteiger partial charge in [-0.3, -0.25) is 9.59 Å². The van der Waals surface area contributed by atoms with Crippen LogP contribution in [0.5, 0.6) is 0 Å². The Morgan fingerprint density at radius 1 is 1.04 bits per heavy atom. The molecule has 5 nitrogen and oxygen atoms in total. The molecule has 1 N–H and O–H groups in total. The van der Waals surface area contributed by atoms with Gasteiger partial charge in [0.15, 0.2) is 0 Å². The predicted molar refractivity (Wildman–Crippen MR) is 85.1 cm³/mol. The first-order chi connectivity index (χ1) is 12.3. The van der Waals surface area contributed by atoms with Crippen molar-refractivity contribution in [1.82, 2.24) is 0 Å². The molecule has 0 aromatic heterocycles. The number of hydrogen-bond acceptors (Lipinski definition) is 5. The molecule has 0 saturated heterocycles. The minimum atomic E-state index is -5.67. The summed E-state index contributed by atoms with van der Waals surface area (Å²) < 4.78 is 88.6. The number of carbonyl (C=O) groups excluding carboxylic acids is 2. The molecule has 0 unspecified atom stereocenters. The number of allylic oxidation sites excluding steroid dienone is 1. The van der Waals surface area contributed by atoms with Crippen LogP contribution >= 0.6 is 23.2 Å². The molecule has 0 radical (unpaired) electrons. The number of alkyl halides is 6. The van der Waals surface area contributed by atoms with E-state index in [1.807, 2.05) is 0 Å². The number of nitrogens with zero attached hydrogens (tertiary/aromatic N) is 1. The normalized spacial score (nSPS) is 12.3. The molecule has 14 heteroatoms. The van der Waals surface area contributed by atoms with Crippen LogP contribution in [-0.4, -0.2) is 28.1 Å². The summed E-state index contributed by atoms with van der Waals surface area (Å²) in [6.45, 7) is 0. The molecule has 0 bridgehead atoms. The predicted octanol–water partition coefficient (Wildman–Crippen LogP) is 4.83. The van der Waals surface area contributed by atoms with Crippen molar-refractivity contribution in [3.05, 3.63) is 34.5 Å². The number of ketones is 2. The van der Waals surface area contributed by atoms with Gasteiger partial charge in [-0.25, -0.2) is 0 Å². The minimum absolute atomic E-state index is 0.0311. The monoisotopic (exact) mass is 454 g/mol. The summed E-state index contributed by atoms with van der Waals surface area (Å²) in [5.74, 6) is -8.93. The zero-order valence-corrected chi connectivity index (χ0v) is 14.8. The maximum atomic E-state index is 12.5. The van der Waals surface area contributed by atoms with Crippen LogP contribution in [0, 0.1) is 5.92 Å². The number of anilines is 1. The number of hydrogen-bond donors (Lipinski definition) is 1.